The first-order chi connectivity index (χ1) is 21.0. The van der Waals surface area contributed by atoms with Crippen LogP contribution in [0.5, 0.6) is 23.0 Å². The topological polar surface area (TPSA) is 78.1 Å². The Morgan fingerprint density at radius 2 is 1.42 bits per heavy atom. The number of methoxy groups -OCH3 is 1. The molecule has 1 N–H and O–H groups in total. The minimum atomic E-state index is -4.54. The van der Waals surface area contributed by atoms with E-state index in [9.17, 15) is 9.46 Å². The average molecular weight is 607 g/mol. The summed E-state index contributed by atoms with van der Waals surface area (Å²) in [6, 6.07) is 24.3. The van der Waals surface area contributed by atoms with E-state index in [1.165, 1.54) is 58.5 Å². The summed E-state index contributed by atoms with van der Waals surface area (Å²) in [4.78, 5) is 10.6. The van der Waals surface area contributed by atoms with E-state index in [1.807, 2.05) is 30.5 Å². The zero-order chi connectivity index (χ0) is 30.3. The number of nitrogens with zero attached hydrogens (tertiary/aromatic N) is 1. The largest absolute Gasteiger partial charge is 0.585 e. The zero-order valence-electron chi connectivity index (χ0n) is 25.5. The molecule has 0 amide bonds. The van der Waals surface area contributed by atoms with Crippen LogP contribution in [0.3, 0.4) is 0 Å². The van der Waals surface area contributed by atoms with E-state index in [-0.39, 0.29) is 17.2 Å². The summed E-state index contributed by atoms with van der Waals surface area (Å²) < 4.78 is 37.6. The van der Waals surface area contributed by atoms with E-state index in [0.29, 0.717) is 18.9 Å². The van der Waals surface area contributed by atoms with Crippen molar-refractivity contribution in [3.05, 3.63) is 90.6 Å². The summed E-state index contributed by atoms with van der Waals surface area (Å²) >= 11 is 0. The molecule has 0 radical (unpaired) electrons. The highest BCUT2D eigenvalue weighted by molar-refractivity contribution is 7.48. The van der Waals surface area contributed by atoms with Gasteiger partial charge in [-0.05, 0) is 42.8 Å². The van der Waals surface area contributed by atoms with E-state index in [0.717, 1.165) is 29.3 Å². The molecule has 230 valence electrons. The first kappa shape index (κ1) is 32.4. The number of fused-ring (bicyclic) bond motifs is 1. The highest BCUT2D eigenvalue weighted by Crippen LogP contribution is 2.49. The van der Waals surface area contributed by atoms with Crippen LogP contribution in [0, 0.1) is 0 Å². The molecular weight excluding hydrogens is 561 g/mol. The molecule has 0 saturated carbocycles. The maximum Gasteiger partial charge on any atom is 0.585 e. The lowest BCUT2D eigenvalue weighted by atomic mass is 10.1. The van der Waals surface area contributed by atoms with E-state index >= 15 is 0 Å². The third-order valence-electron chi connectivity index (χ3n) is 7.38. The number of phosphoric ester groups is 1. The van der Waals surface area contributed by atoms with Crippen molar-refractivity contribution in [2.24, 2.45) is 0 Å². The molecule has 8 heteroatoms. The number of para-hydroxylation sites is 2. The second-order valence-electron chi connectivity index (χ2n) is 10.8. The van der Waals surface area contributed by atoms with Crippen molar-refractivity contribution < 1.29 is 32.5 Å². The Morgan fingerprint density at radius 3 is 2.19 bits per heavy atom. The Hall–Kier alpha value is -3.54. The molecule has 0 bridgehead atoms. The van der Waals surface area contributed by atoms with Gasteiger partial charge in [0.1, 0.15) is 5.75 Å². The third kappa shape index (κ3) is 10.3. The Labute approximate surface area is 256 Å². The molecule has 4 rings (SSSR count). The molecule has 4 aromatic rings. The summed E-state index contributed by atoms with van der Waals surface area (Å²) in [5.41, 5.74) is 2.01. The highest BCUT2D eigenvalue weighted by Gasteiger charge is 2.28. The van der Waals surface area contributed by atoms with Crippen LogP contribution < -0.4 is 23.1 Å². The Kier molecular flexibility index (Phi) is 12.7. The Morgan fingerprint density at radius 1 is 0.744 bits per heavy atom. The number of aromatic nitrogens is 1. The van der Waals surface area contributed by atoms with Gasteiger partial charge >= 0.3 is 7.82 Å². The molecule has 1 unspecified atom stereocenters. The van der Waals surface area contributed by atoms with Crippen LogP contribution >= 0.6 is 7.82 Å². The number of hydrogen-bond acceptors (Lipinski definition) is 5. The van der Waals surface area contributed by atoms with Crippen LogP contribution in [0.1, 0.15) is 76.7 Å². The van der Waals surface area contributed by atoms with Crippen molar-refractivity contribution in [2.45, 2.75) is 77.7 Å². The van der Waals surface area contributed by atoms with Gasteiger partial charge in [-0.15, -0.1) is 0 Å². The Bertz CT molecular complexity index is 1470. The molecule has 0 saturated heterocycles. The van der Waals surface area contributed by atoms with E-state index in [4.69, 9.17) is 18.5 Å². The van der Waals surface area contributed by atoms with Gasteiger partial charge in [0.05, 0.1) is 13.7 Å². The first-order valence-electron chi connectivity index (χ1n) is 15.5. The van der Waals surface area contributed by atoms with E-state index in [2.05, 4.69) is 29.7 Å². The van der Waals surface area contributed by atoms with Crippen molar-refractivity contribution in [2.75, 3.05) is 13.7 Å². The fraction of sp³-hybridized carbons (Fsp3) is 0.400. The number of pyridine rings is 1. The van der Waals surface area contributed by atoms with Gasteiger partial charge in [-0.3, -0.25) is 4.89 Å². The van der Waals surface area contributed by atoms with Gasteiger partial charge in [-0.2, -0.15) is 4.57 Å². The first-order valence-corrected chi connectivity index (χ1v) is 17.0. The molecule has 43 heavy (non-hydrogen) atoms. The van der Waals surface area contributed by atoms with Crippen LogP contribution in [-0.4, -0.2) is 18.6 Å². The number of hydrogen-bond donors (Lipinski definition) is 1. The second-order valence-corrected chi connectivity index (χ2v) is 12.1. The minimum absolute atomic E-state index is 0.0800. The molecule has 1 aromatic heterocycles. The smallest absolute Gasteiger partial charge is 0.490 e. The van der Waals surface area contributed by atoms with Crippen LogP contribution in [0.4, 0.5) is 0 Å². The monoisotopic (exact) mass is 606 g/mol. The fourth-order valence-corrected chi connectivity index (χ4v) is 6.00. The van der Waals surface area contributed by atoms with Crippen LogP contribution in [0.25, 0.3) is 10.9 Å². The van der Waals surface area contributed by atoms with Crippen molar-refractivity contribution in [1.29, 1.82) is 0 Å². The van der Waals surface area contributed by atoms with Crippen LogP contribution in [0.15, 0.2) is 85.1 Å². The molecule has 1 atom stereocenters. The van der Waals surface area contributed by atoms with Gasteiger partial charge in [0.2, 0.25) is 11.3 Å². The van der Waals surface area contributed by atoms with Gasteiger partial charge in [0.15, 0.2) is 24.2 Å². The normalized spacial score (nSPS) is 12.5. The second kappa shape index (κ2) is 16.9. The summed E-state index contributed by atoms with van der Waals surface area (Å²) in [6.45, 7) is 3.35. The maximum atomic E-state index is 13.0. The maximum absolute atomic E-state index is 13.0. The van der Waals surface area contributed by atoms with Crippen molar-refractivity contribution in [1.82, 2.24) is 0 Å². The van der Waals surface area contributed by atoms with Crippen molar-refractivity contribution in [3.63, 3.8) is 0 Å². The van der Waals surface area contributed by atoms with Gasteiger partial charge in [-0.1, -0.05) is 95.0 Å². The number of rotatable bonds is 19. The predicted molar refractivity (Wildman–Crippen MR) is 171 cm³/mol. The fourth-order valence-electron chi connectivity index (χ4n) is 5.19. The van der Waals surface area contributed by atoms with Crippen molar-refractivity contribution in [3.8, 4) is 23.0 Å². The summed E-state index contributed by atoms with van der Waals surface area (Å²) in [6.07, 6.45) is 14.5. The lowest BCUT2D eigenvalue weighted by Gasteiger charge is -2.18. The summed E-state index contributed by atoms with van der Waals surface area (Å²) in [7, 11) is -3.06. The molecule has 0 spiro atoms. The molecule has 1 heterocycles. The highest BCUT2D eigenvalue weighted by atomic mass is 31.2. The number of unbranched alkanes of at least 4 members (excludes halogenated alkanes) is 9. The van der Waals surface area contributed by atoms with Crippen molar-refractivity contribution >= 4 is 18.7 Å². The van der Waals surface area contributed by atoms with Gasteiger partial charge in [-0.25, -0.2) is 4.57 Å². The summed E-state index contributed by atoms with van der Waals surface area (Å²) in [5, 5.41) is 1.13. The average Bonchev–Trinajstić information content (AvgIpc) is 3.00. The lowest BCUT2D eigenvalue weighted by molar-refractivity contribution is -0.662. The van der Waals surface area contributed by atoms with Crippen LogP contribution in [-0.2, 0) is 11.1 Å². The molecule has 0 aliphatic carbocycles. The standard InChI is InChI=1S/C35H44NO6P/c1-3-4-5-6-7-8-9-10-11-14-26-40-33-23-16-24-34(35(33)39-2)42-43(37,38)41-31-21-15-18-29(27-31)28-36-25-17-20-30-19-12-13-22-32(30)36/h12-13,15-25,27H,3-11,14,26,28H2,1-2H3/p+1. The SMILES string of the molecule is CCCCCCCCCCCCOc1cccc(OP(=O)(O)Oc2cccc(C[n+]3cccc4ccccc43)c2)c1OC. The summed E-state index contributed by atoms with van der Waals surface area (Å²) in [5.74, 6) is 1.03. The quantitative estimate of drug-likeness (QED) is 0.0652. The molecule has 0 fully saturated rings. The van der Waals surface area contributed by atoms with Crippen LogP contribution in [0.2, 0.25) is 0 Å². The number of benzene rings is 3. The van der Waals surface area contributed by atoms with Gasteiger partial charge in [0, 0.05) is 23.1 Å². The van der Waals surface area contributed by atoms with Gasteiger partial charge < -0.3 is 18.5 Å². The minimum Gasteiger partial charge on any atom is -0.490 e. The number of ether oxygens (including phenoxy) is 2. The molecule has 7 nitrogen and oxygen atoms in total. The molecule has 3 aromatic carbocycles. The molecule has 0 aliphatic heterocycles. The van der Waals surface area contributed by atoms with Gasteiger partial charge in [0.25, 0.3) is 0 Å². The third-order valence-corrected chi connectivity index (χ3v) is 8.25. The lowest BCUT2D eigenvalue weighted by Crippen LogP contribution is -2.34. The molecular formula is C35H45NO6P+. The Balaban J connectivity index is 1.29. The van der Waals surface area contributed by atoms with E-state index in [1.54, 1.807) is 36.4 Å². The molecule has 0 aliphatic rings. The predicted octanol–water partition coefficient (Wildman–Crippen LogP) is 9.04. The number of phosphoric acid groups is 1. The van der Waals surface area contributed by atoms with E-state index < -0.39 is 7.82 Å². The zero-order valence-corrected chi connectivity index (χ0v) is 26.3.